The molecule has 1 spiro atoms. The van der Waals surface area contributed by atoms with E-state index in [4.69, 9.17) is 0 Å². The van der Waals surface area contributed by atoms with Crippen molar-refractivity contribution in [1.29, 1.82) is 0 Å². The second-order valence-electron chi connectivity index (χ2n) is 6.98. The van der Waals surface area contributed by atoms with Crippen LogP contribution in [0.5, 0.6) is 0 Å². The van der Waals surface area contributed by atoms with Gasteiger partial charge in [-0.2, -0.15) is 0 Å². The lowest BCUT2D eigenvalue weighted by Crippen LogP contribution is -2.36. The first-order valence-corrected chi connectivity index (χ1v) is 9.77. The Bertz CT molecular complexity index is 647. The molecule has 1 N–H and O–H groups in total. The molecule has 4 rings (SSSR count). The molecule has 1 saturated carbocycles. The van der Waals surface area contributed by atoms with Crippen LogP contribution in [-0.2, 0) is 19.6 Å². The Kier molecular flexibility index (Phi) is 4.60. The van der Waals surface area contributed by atoms with Gasteiger partial charge in [-0.05, 0) is 54.6 Å². The highest BCUT2D eigenvalue weighted by Gasteiger charge is 2.56. The molecule has 0 aromatic carbocycles. The van der Waals surface area contributed by atoms with E-state index in [1.165, 1.54) is 24.3 Å². The van der Waals surface area contributed by atoms with Crippen LogP contribution in [-0.4, -0.2) is 49.2 Å². The fourth-order valence-corrected chi connectivity index (χ4v) is 4.63. The SMILES string of the molecule is CCCn1nnnc1CN(Cc1nccs1)C1CC12CCNCC2. The highest BCUT2D eigenvalue weighted by Crippen LogP contribution is 2.56. The number of hydrogen-bond donors (Lipinski definition) is 1. The van der Waals surface area contributed by atoms with Crippen molar-refractivity contribution in [2.45, 2.75) is 58.3 Å². The van der Waals surface area contributed by atoms with Crippen molar-refractivity contribution in [3.63, 3.8) is 0 Å². The minimum Gasteiger partial charge on any atom is -0.317 e. The monoisotopic (exact) mass is 347 g/mol. The number of rotatable bonds is 7. The molecule has 130 valence electrons. The molecule has 1 aliphatic carbocycles. The third-order valence-electron chi connectivity index (χ3n) is 5.39. The Balaban J connectivity index is 1.51. The molecule has 2 aromatic rings. The number of nitrogens with zero attached hydrogens (tertiary/aromatic N) is 6. The van der Waals surface area contributed by atoms with Crippen LogP contribution in [0.1, 0.15) is 43.4 Å². The molecule has 8 heteroatoms. The summed E-state index contributed by atoms with van der Waals surface area (Å²) < 4.78 is 1.95. The molecule has 2 aromatic heterocycles. The van der Waals surface area contributed by atoms with Gasteiger partial charge in [0.15, 0.2) is 5.82 Å². The maximum absolute atomic E-state index is 4.49. The Hall–Kier alpha value is -1.38. The average Bonchev–Trinajstić information content (AvgIpc) is 2.98. The molecule has 0 bridgehead atoms. The minimum absolute atomic E-state index is 0.506. The predicted molar refractivity (Wildman–Crippen MR) is 92.4 cm³/mol. The van der Waals surface area contributed by atoms with Crippen LogP contribution in [0.4, 0.5) is 0 Å². The predicted octanol–water partition coefficient (Wildman–Crippen LogP) is 1.68. The van der Waals surface area contributed by atoms with Gasteiger partial charge in [-0.1, -0.05) is 6.92 Å². The number of aromatic nitrogens is 5. The first kappa shape index (κ1) is 16.1. The van der Waals surface area contributed by atoms with Crippen molar-refractivity contribution in [2.75, 3.05) is 13.1 Å². The van der Waals surface area contributed by atoms with Gasteiger partial charge in [-0.25, -0.2) is 9.67 Å². The van der Waals surface area contributed by atoms with E-state index in [-0.39, 0.29) is 0 Å². The summed E-state index contributed by atoms with van der Waals surface area (Å²) >= 11 is 1.74. The third kappa shape index (κ3) is 3.22. The van der Waals surface area contributed by atoms with Gasteiger partial charge in [0, 0.05) is 24.2 Å². The second-order valence-corrected chi connectivity index (χ2v) is 7.96. The van der Waals surface area contributed by atoms with Crippen molar-refractivity contribution in [2.24, 2.45) is 5.41 Å². The maximum atomic E-state index is 4.49. The zero-order valence-corrected chi connectivity index (χ0v) is 15.0. The molecular formula is C16H25N7S. The second kappa shape index (κ2) is 6.85. The lowest BCUT2D eigenvalue weighted by atomic mass is 9.93. The fraction of sp³-hybridized carbons (Fsp3) is 0.750. The molecular weight excluding hydrogens is 322 g/mol. The van der Waals surface area contributed by atoms with Crippen LogP contribution in [0.2, 0.25) is 0 Å². The Morgan fingerprint density at radius 2 is 2.25 bits per heavy atom. The van der Waals surface area contributed by atoms with E-state index < -0.39 is 0 Å². The Labute approximate surface area is 146 Å². The van der Waals surface area contributed by atoms with Gasteiger partial charge in [-0.3, -0.25) is 4.90 Å². The van der Waals surface area contributed by atoms with Crippen molar-refractivity contribution >= 4 is 11.3 Å². The molecule has 1 atom stereocenters. The lowest BCUT2D eigenvalue weighted by molar-refractivity contribution is 0.181. The number of aryl methyl sites for hydroxylation is 1. The molecule has 3 heterocycles. The highest BCUT2D eigenvalue weighted by atomic mass is 32.1. The fourth-order valence-electron chi connectivity index (χ4n) is 3.99. The number of thiazole rings is 1. The van der Waals surface area contributed by atoms with Gasteiger partial charge in [-0.15, -0.1) is 16.4 Å². The number of piperidine rings is 1. The van der Waals surface area contributed by atoms with Crippen LogP contribution in [0.25, 0.3) is 0 Å². The Morgan fingerprint density at radius 1 is 1.38 bits per heavy atom. The molecule has 2 aliphatic rings. The molecule has 1 unspecified atom stereocenters. The van der Waals surface area contributed by atoms with Crippen LogP contribution in [0.3, 0.4) is 0 Å². The van der Waals surface area contributed by atoms with Gasteiger partial charge in [0.1, 0.15) is 5.01 Å². The standard InChI is InChI=1S/C16H25N7S/c1-2-8-23-14(19-20-21-23)11-22(12-15-18-7-9-24-15)13-10-16(13)3-5-17-6-4-16/h7,9,13,17H,2-6,8,10-12H2,1H3. The first-order chi connectivity index (χ1) is 11.8. The summed E-state index contributed by atoms with van der Waals surface area (Å²) in [6, 6.07) is 0.635. The molecule has 24 heavy (non-hydrogen) atoms. The van der Waals surface area contributed by atoms with Crippen molar-refractivity contribution in [1.82, 2.24) is 35.4 Å². The van der Waals surface area contributed by atoms with Gasteiger partial charge in [0.25, 0.3) is 0 Å². The van der Waals surface area contributed by atoms with Crippen LogP contribution >= 0.6 is 11.3 Å². The van der Waals surface area contributed by atoms with E-state index in [9.17, 15) is 0 Å². The highest BCUT2D eigenvalue weighted by molar-refractivity contribution is 7.09. The molecule has 0 amide bonds. The van der Waals surface area contributed by atoms with E-state index in [2.05, 4.69) is 43.0 Å². The molecule has 2 fully saturated rings. The summed E-state index contributed by atoms with van der Waals surface area (Å²) in [7, 11) is 0. The zero-order valence-electron chi connectivity index (χ0n) is 14.2. The van der Waals surface area contributed by atoms with Crippen LogP contribution in [0.15, 0.2) is 11.6 Å². The zero-order chi connectivity index (χ0) is 16.4. The molecule has 1 aliphatic heterocycles. The number of nitrogens with one attached hydrogen (secondary N) is 1. The summed E-state index contributed by atoms with van der Waals surface area (Å²) in [5, 5.41) is 19.0. The van der Waals surface area contributed by atoms with E-state index in [1.807, 2.05) is 10.9 Å². The van der Waals surface area contributed by atoms with Crippen molar-refractivity contribution in [3.05, 3.63) is 22.4 Å². The van der Waals surface area contributed by atoms with Gasteiger partial charge in [0.2, 0.25) is 0 Å². The maximum Gasteiger partial charge on any atom is 0.165 e. The first-order valence-electron chi connectivity index (χ1n) is 8.89. The van der Waals surface area contributed by atoms with E-state index in [1.54, 1.807) is 11.3 Å². The van der Waals surface area contributed by atoms with E-state index in [0.717, 1.165) is 45.0 Å². The normalized spacial score (nSPS) is 22.3. The van der Waals surface area contributed by atoms with Gasteiger partial charge in [0.05, 0.1) is 13.1 Å². The number of hydrogen-bond acceptors (Lipinski definition) is 7. The van der Waals surface area contributed by atoms with E-state index in [0.29, 0.717) is 11.5 Å². The molecule has 0 radical (unpaired) electrons. The summed E-state index contributed by atoms with van der Waals surface area (Å²) in [6.07, 6.45) is 6.81. The third-order valence-corrected chi connectivity index (χ3v) is 6.16. The summed E-state index contributed by atoms with van der Waals surface area (Å²) in [5.74, 6) is 0.976. The molecule has 1 saturated heterocycles. The van der Waals surface area contributed by atoms with Gasteiger partial charge < -0.3 is 5.32 Å². The van der Waals surface area contributed by atoms with Gasteiger partial charge >= 0.3 is 0 Å². The quantitative estimate of drug-likeness (QED) is 0.822. The average molecular weight is 347 g/mol. The Morgan fingerprint density at radius 3 is 3.00 bits per heavy atom. The lowest BCUT2D eigenvalue weighted by Gasteiger charge is -2.28. The smallest absolute Gasteiger partial charge is 0.165 e. The molecule has 7 nitrogen and oxygen atoms in total. The van der Waals surface area contributed by atoms with Crippen molar-refractivity contribution < 1.29 is 0 Å². The van der Waals surface area contributed by atoms with E-state index >= 15 is 0 Å². The summed E-state index contributed by atoms with van der Waals surface area (Å²) in [4.78, 5) is 7.05. The number of tetrazole rings is 1. The topological polar surface area (TPSA) is 71.8 Å². The largest absolute Gasteiger partial charge is 0.317 e. The minimum atomic E-state index is 0.506. The summed E-state index contributed by atoms with van der Waals surface area (Å²) in [6.45, 7) is 7.05. The van der Waals surface area contributed by atoms with Crippen LogP contribution in [0, 0.1) is 5.41 Å². The van der Waals surface area contributed by atoms with Crippen molar-refractivity contribution in [3.8, 4) is 0 Å². The summed E-state index contributed by atoms with van der Waals surface area (Å²) in [5.41, 5.74) is 0.506. The van der Waals surface area contributed by atoms with Crippen LogP contribution < -0.4 is 5.32 Å².